The molecule has 118 valence electrons. The summed E-state index contributed by atoms with van der Waals surface area (Å²) in [5.74, 6) is -1.97. The van der Waals surface area contributed by atoms with E-state index in [2.05, 4.69) is 9.97 Å². The molecule has 3 N–H and O–H groups in total. The molecule has 1 fully saturated rings. The quantitative estimate of drug-likeness (QED) is 0.880. The first kappa shape index (κ1) is 14.6. The zero-order valence-corrected chi connectivity index (χ0v) is 11.4. The van der Waals surface area contributed by atoms with E-state index in [0.717, 1.165) is 0 Å². The van der Waals surface area contributed by atoms with Crippen LogP contribution in [0.4, 0.5) is 18.9 Å². The largest absolute Gasteiger partial charge is 0.449 e. The van der Waals surface area contributed by atoms with Crippen LogP contribution < -0.4 is 10.6 Å². The van der Waals surface area contributed by atoms with Crippen molar-refractivity contribution in [2.24, 2.45) is 5.73 Å². The average molecular weight is 314 g/mol. The molecule has 0 radical (unpaired) electrons. The van der Waals surface area contributed by atoms with Crippen molar-refractivity contribution in [3.8, 4) is 0 Å². The maximum Gasteiger partial charge on any atom is 0.449 e. The molecule has 1 amide bonds. The van der Waals surface area contributed by atoms with Gasteiger partial charge in [0.15, 0.2) is 0 Å². The highest BCUT2D eigenvalue weighted by Crippen LogP contribution is 2.31. The molecule has 1 saturated heterocycles. The van der Waals surface area contributed by atoms with Crippen LogP contribution in [0.25, 0.3) is 11.0 Å². The van der Waals surface area contributed by atoms with Gasteiger partial charge < -0.3 is 20.4 Å². The van der Waals surface area contributed by atoms with Crippen molar-refractivity contribution >= 4 is 22.6 Å². The highest BCUT2D eigenvalue weighted by molar-refractivity contribution is 6.05. The predicted octanol–water partition coefficient (Wildman–Crippen LogP) is 1.52. The summed E-state index contributed by atoms with van der Waals surface area (Å²) in [7, 11) is 0. The first-order chi connectivity index (χ1) is 10.4. The van der Waals surface area contributed by atoms with Crippen LogP contribution in [0.15, 0.2) is 12.1 Å². The Morgan fingerprint density at radius 1 is 1.32 bits per heavy atom. The lowest BCUT2D eigenvalue weighted by atomic mass is 10.1. The third kappa shape index (κ3) is 2.59. The highest BCUT2D eigenvalue weighted by Gasteiger charge is 2.35. The monoisotopic (exact) mass is 314 g/mol. The van der Waals surface area contributed by atoms with E-state index in [1.165, 1.54) is 12.1 Å². The number of anilines is 1. The number of halogens is 3. The van der Waals surface area contributed by atoms with Gasteiger partial charge in [0.1, 0.15) is 5.52 Å². The van der Waals surface area contributed by atoms with Crippen molar-refractivity contribution in [3.05, 3.63) is 23.5 Å². The van der Waals surface area contributed by atoms with Crippen LogP contribution in [0.3, 0.4) is 0 Å². The van der Waals surface area contributed by atoms with E-state index < -0.39 is 17.9 Å². The number of benzene rings is 1. The molecule has 1 aromatic heterocycles. The van der Waals surface area contributed by atoms with Crippen molar-refractivity contribution in [1.29, 1.82) is 0 Å². The summed E-state index contributed by atoms with van der Waals surface area (Å²) in [6.07, 6.45) is -4.62. The number of nitrogens with one attached hydrogen (secondary N) is 1. The number of H-pyrrole nitrogens is 1. The third-order valence-electron chi connectivity index (χ3n) is 3.48. The molecule has 9 heteroatoms. The zero-order chi connectivity index (χ0) is 15.9. The molecule has 1 aromatic carbocycles. The van der Waals surface area contributed by atoms with Crippen molar-refractivity contribution in [1.82, 2.24) is 9.97 Å². The number of aromatic amines is 1. The van der Waals surface area contributed by atoms with E-state index in [9.17, 15) is 18.0 Å². The Labute approximate surface area is 123 Å². The summed E-state index contributed by atoms with van der Waals surface area (Å²) in [5.41, 5.74) is 5.91. The minimum Gasteiger partial charge on any atom is -0.378 e. The average Bonchev–Trinajstić information content (AvgIpc) is 2.91. The summed E-state index contributed by atoms with van der Waals surface area (Å²) in [4.78, 5) is 19.1. The lowest BCUT2D eigenvalue weighted by molar-refractivity contribution is -0.144. The lowest BCUT2D eigenvalue weighted by Gasteiger charge is -2.29. The van der Waals surface area contributed by atoms with Crippen LogP contribution in [0.5, 0.6) is 0 Å². The molecule has 0 spiro atoms. The minimum absolute atomic E-state index is 0.0364. The number of nitrogens with two attached hydrogens (primary N) is 1. The fraction of sp³-hybridized carbons (Fsp3) is 0.385. The minimum atomic E-state index is -4.62. The third-order valence-corrected chi connectivity index (χ3v) is 3.48. The van der Waals surface area contributed by atoms with Crippen LogP contribution >= 0.6 is 0 Å². The van der Waals surface area contributed by atoms with Gasteiger partial charge in [0, 0.05) is 18.8 Å². The number of fused-ring (bicyclic) bond motifs is 1. The van der Waals surface area contributed by atoms with Gasteiger partial charge >= 0.3 is 6.18 Å². The molecule has 0 saturated carbocycles. The molecule has 0 unspecified atom stereocenters. The lowest BCUT2D eigenvalue weighted by Crippen LogP contribution is -2.36. The molecule has 1 aliphatic heterocycles. The number of primary amides is 1. The van der Waals surface area contributed by atoms with Crippen LogP contribution in [-0.2, 0) is 10.9 Å². The number of amides is 1. The van der Waals surface area contributed by atoms with Gasteiger partial charge in [0.05, 0.1) is 24.3 Å². The highest BCUT2D eigenvalue weighted by atomic mass is 19.4. The van der Waals surface area contributed by atoms with Gasteiger partial charge in [0.25, 0.3) is 5.91 Å². The maximum absolute atomic E-state index is 12.8. The number of nitrogens with zero attached hydrogens (tertiary/aromatic N) is 2. The van der Waals surface area contributed by atoms with Crippen molar-refractivity contribution in [2.45, 2.75) is 6.18 Å². The molecule has 2 heterocycles. The van der Waals surface area contributed by atoms with Gasteiger partial charge in [-0.05, 0) is 12.1 Å². The molecular formula is C13H13F3N4O2. The van der Waals surface area contributed by atoms with Crippen LogP contribution in [0.2, 0.25) is 0 Å². The molecule has 0 bridgehead atoms. The Morgan fingerprint density at radius 2 is 2.00 bits per heavy atom. The topological polar surface area (TPSA) is 84.2 Å². The first-order valence-electron chi connectivity index (χ1n) is 6.60. The summed E-state index contributed by atoms with van der Waals surface area (Å²) in [5, 5.41) is 0. The van der Waals surface area contributed by atoms with E-state index in [1.54, 1.807) is 0 Å². The number of aromatic nitrogens is 2. The number of carbonyl (C=O) groups is 1. The number of imidazole rings is 1. The van der Waals surface area contributed by atoms with Crippen LogP contribution in [-0.4, -0.2) is 42.2 Å². The molecule has 6 nitrogen and oxygen atoms in total. The number of carbonyl (C=O) groups excluding carboxylic acids is 1. The predicted molar refractivity (Wildman–Crippen MR) is 72.6 cm³/mol. The zero-order valence-electron chi connectivity index (χ0n) is 11.4. The first-order valence-corrected chi connectivity index (χ1v) is 6.60. The normalized spacial score (nSPS) is 16.2. The molecule has 0 atom stereocenters. The summed E-state index contributed by atoms with van der Waals surface area (Å²) in [6.45, 7) is 2.20. The number of hydrogen-bond donors (Lipinski definition) is 2. The molecular weight excluding hydrogens is 301 g/mol. The van der Waals surface area contributed by atoms with E-state index >= 15 is 0 Å². The SMILES string of the molecule is NC(=O)c1cc(N2CCOCC2)cc2[nH]c(C(F)(F)F)nc12. The number of morpholine rings is 1. The Hall–Kier alpha value is -2.29. The number of alkyl halides is 3. The fourth-order valence-corrected chi connectivity index (χ4v) is 2.43. The summed E-state index contributed by atoms with van der Waals surface area (Å²) < 4.78 is 43.6. The van der Waals surface area contributed by atoms with Gasteiger partial charge in [-0.2, -0.15) is 13.2 Å². The smallest absolute Gasteiger partial charge is 0.378 e. The second kappa shape index (κ2) is 5.16. The van der Waals surface area contributed by atoms with Gasteiger partial charge in [-0.1, -0.05) is 0 Å². The van der Waals surface area contributed by atoms with Crippen LogP contribution in [0, 0.1) is 0 Å². The van der Waals surface area contributed by atoms with Crippen molar-refractivity contribution < 1.29 is 22.7 Å². The van der Waals surface area contributed by atoms with Crippen LogP contribution in [0.1, 0.15) is 16.2 Å². The molecule has 22 heavy (non-hydrogen) atoms. The molecule has 0 aliphatic carbocycles. The summed E-state index contributed by atoms with van der Waals surface area (Å²) >= 11 is 0. The van der Waals surface area contributed by atoms with E-state index in [4.69, 9.17) is 10.5 Å². The van der Waals surface area contributed by atoms with Crippen molar-refractivity contribution in [3.63, 3.8) is 0 Å². The van der Waals surface area contributed by atoms with E-state index in [0.29, 0.717) is 32.0 Å². The molecule has 2 aromatic rings. The Balaban J connectivity index is 2.14. The molecule has 1 aliphatic rings. The fourth-order valence-electron chi connectivity index (χ4n) is 2.43. The number of rotatable bonds is 2. The van der Waals surface area contributed by atoms with Crippen molar-refractivity contribution in [2.75, 3.05) is 31.2 Å². The van der Waals surface area contributed by atoms with Gasteiger partial charge in [-0.3, -0.25) is 4.79 Å². The van der Waals surface area contributed by atoms with Gasteiger partial charge in [-0.15, -0.1) is 0 Å². The van der Waals surface area contributed by atoms with Gasteiger partial charge in [0.2, 0.25) is 5.82 Å². The Morgan fingerprint density at radius 3 is 2.59 bits per heavy atom. The second-order valence-corrected chi connectivity index (χ2v) is 4.94. The second-order valence-electron chi connectivity index (χ2n) is 4.94. The number of hydrogen-bond acceptors (Lipinski definition) is 4. The van der Waals surface area contributed by atoms with E-state index in [-0.39, 0.29) is 16.6 Å². The standard InChI is InChI=1S/C13H13F3N4O2/c14-13(15,16)12-18-9-6-7(20-1-3-22-4-2-20)5-8(11(17)21)10(9)19-12/h5-6H,1-4H2,(H2,17,21)(H,18,19). The summed E-state index contributed by atoms with van der Waals surface area (Å²) in [6, 6.07) is 3.01. The number of ether oxygens (including phenoxy) is 1. The molecule has 3 rings (SSSR count). The van der Waals surface area contributed by atoms with E-state index in [1.807, 2.05) is 4.90 Å². The maximum atomic E-state index is 12.8. The Bertz CT molecular complexity index is 720. The van der Waals surface area contributed by atoms with Gasteiger partial charge in [-0.25, -0.2) is 4.98 Å². The Kier molecular flexibility index (Phi) is 3.44.